The Kier molecular flexibility index (Phi) is 5.54. The number of para-hydroxylation sites is 1. The Labute approximate surface area is 175 Å². The van der Waals surface area contributed by atoms with E-state index in [1.54, 1.807) is 37.4 Å². The second kappa shape index (κ2) is 8.42. The molecule has 1 N–H and O–H groups in total. The second-order valence-electron chi connectivity index (χ2n) is 6.57. The first-order chi connectivity index (χ1) is 14.6. The van der Waals surface area contributed by atoms with Crippen LogP contribution in [0.2, 0.25) is 0 Å². The van der Waals surface area contributed by atoms with Crippen molar-refractivity contribution in [1.82, 2.24) is 4.98 Å². The Morgan fingerprint density at radius 1 is 0.900 bits per heavy atom. The van der Waals surface area contributed by atoms with Crippen LogP contribution in [0.3, 0.4) is 0 Å². The molecule has 0 unspecified atom stereocenters. The maximum Gasteiger partial charge on any atom is 0.263 e. The maximum absolute atomic E-state index is 12.9. The number of ether oxygens (including phenoxy) is 1. The summed E-state index contributed by atoms with van der Waals surface area (Å²) in [7, 11) is -2.29. The number of hydrogen-bond acceptors (Lipinski definition) is 5. The average molecular weight is 420 g/mol. The van der Waals surface area contributed by atoms with Crippen LogP contribution in [0, 0.1) is 0 Å². The van der Waals surface area contributed by atoms with Crippen molar-refractivity contribution in [2.75, 3.05) is 11.8 Å². The molecule has 0 aliphatic carbocycles. The van der Waals surface area contributed by atoms with Crippen LogP contribution in [-0.2, 0) is 16.4 Å². The van der Waals surface area contributed by atoms with Gasteiger partial charge in [0.05, 0.1) is 17.6 Å². The highest BCUT2D eigenvalue weighted by Crippen LogP contribution is 2.36. The minimum absolute atomic E-state index is 0.120. The molecular formula is C23H20N2O4S. The molecule has 30 heavy (non-hydrogen) atoms. The molecule has 7 heteroatoms. The van der Waals surface area contributed by atoms with Gasteiger partial charge in [-0.15, -0.1) is 0 Å². The zero-order valence-electron chi connectivity index (χ0n) is 16.3. The number of anilines is 1. The van der Waals surface area contributed by atoms with Crippen LogP contribution in [0.15, 0.2) is 94.2 Å². The minimum atomic E-state index is -3.84. The maximum atomic E-state index is 12.9. The highest BCUT2D eigenvalue weighted by Gasteiger charge is 2.23. The number of oxazole rings is 1. The number of sulfonamides is 1. The number of nitrogens with zero attached hydrogens (tertiary/aromatic N) is 1. The first-order valence-electron chi connectivity index (χ1n) is 9.32. The molecule has 1 aromatic heterocycles. The molecule has 0 radical (unpaired) electrons. The van der Waals surface area contributed by atoms with E-state index < -0.39 is 10.0 Å². The quantitative estimate of drug-likeness (QED) is 0.467. The van der Waals surface area contributed by atoms with E-state index in [2.05, 4.69) is 9.71 Å². The molecule has 0 saturated heterocycles. The Morgan fingerprint density at radius 2 is 1.53 bits per heavy atom. The van der Waals surface area contributed by atoms with Crippen LogP contribution < -0.4 is 9.46 Å². The second-order valence-corrected chi connectivity index (χ2v) is 8.25. The predicted molar refractivity (Wildman–Crippen MR) is 115 cm³/mol. The molecule has 3 aromatic carbocycles. The number of rotatable bonds is 7. The molecule has 0 amide bonds. The summed E-state index contributed by atoms with van der Waals surface area (Å²) >= 11 is 0. The lowest BCUT2D eigenvalue weighted by Gasteiger charge is -2.09. The molecule has 152 valence electrons. The Balaban J connectivity index is 1.77. The lowest BCUT2D eigenvalue weighted by molar-refractivity contribution is 0.414. The Morgan fingerprint density at radius 3 is 2.23 bits per heavy atom. The molecule has 1 heterocycles. The fourth-order valence-corrected chi connectivity index (χ4v) is 4.11. The summed E-state index contributed by atoms with van der Waals surface area (Å²) in [4.78, 5) is 4.60. The molecule has 0 spiro atoms. The van der Waals surface area contributed by atoms with E-state index >= 15 is 0 Å². The zero-order valence-corrected chi connectivity index (χ0v) is 17.1. The van der Waals surface area contributed by atoms with Gasteiger partial charge >= 0.3 is 0 Å². The lowest BCUT2D eigenvalue weighted by atomic mass is 10.1. The van der Waals surface area contributed by atoms with Crippen molar-refractivity contribution in [2.24, 2.45) is 0 Å². The topological polar surface area (TPSA) is 81.4 Å². The third-order valence-corrected chi connectivity index (χ3v) is 5.86. The van der Waals surface area contributed by atoms with Crippen molar-refractivity contribution < 1.29 is 17.6 Å². The van der Waals surface area contributed by atoms with Gasteiger partial charge < -0.3 is 9.15 Å². The number of nitrogens with one attached hydrogen (secondary N) is 1. The molecule has 4 rings (SSSR count). The molecule has 0 saturated carbocycles. The fraction of sp³-hybridized carbons (Fsp3) is 0.0870. The summed E-state index contributed by atoms with van der Waals surface area (Å²) < 4.78 is 39.8. The van der Waals surface area contributed by atoms with Gasteiger partial charge in [-0.1, -0.05) is 60.7 Å². The van der Waals surface area contributed by atoms with Gasteiger partial charge in [0.25, 0.3) is 10.0 Å². The Hall–Kier alpha value is -3.58. The normalized spacial score (nSPS) is 11.2. The van der Waals surface area contributed by atoms with E-state index in [9.17, 15) is 8.42 Å². The number of aromatic nitrogens is 1. The molecular weight excluding hydrogens is 400 g/mol. The largest absolute Gasteiger partial charge is 0.496 e. The van der Waals surface area contributed by atoms with Gasteiger partial charge in [0, 0.05) is 6.42 Å². The van der Waals surface area contributed by atoms with Crippen molar-refractivity contribution in [3.63, 3.8) is 0 Å². The van der Waals surface area contributed by atoms with Gasteiger partial charge in [-0.3, -0.25) is 4.72 Å². The number of benzene rings is 3. The van der Waals surface area contributed by atoms with Crippen LogP contribution in [-0.4, -0.2) is 20.5 Å². The zero-order chi connectivity index (χ0) is 21.0. The van der Waals surface area contributed by atoms with E-state index in [4.69, 9.17) is 9.15 Å². The van der Waals surface area contributed by atoms with Crippen LogP contribution in [0.25, 0.3) is 11.3 Å². The molecule has 0 atom stereocenters. The van der Waals surface area contributed by atoms with Crippen LogP contribution in [0.4, 0.5) is 5.82 Å². The van der Waals surface area contributed by atoms with Crippen molar-refractivity contribution in [1.29, 1.82) is 0 Å². The third-order valence-electron chi connectivity index (χ3n) is 4.51. The van der Waals surface area contributed by atoms with Crippen LogP contribution in [0.1, 0.15) is 11.5 Å². The SMILES string of the molecule is COc1ccccc1-c1oc(Cc2ccccc2)nc1NS(=O)(=O)c1ccccc1. The molecule has 0 bridgehead atoms. The minimum Gasteiger partial charge on any atom is -0.496 e. The van der Waals surface area contributed by atoms with Gasteiger partial charge in [0.15, 0.2) is 11.6 Å². The molecule has 0 aliphatic heterocycles. The van der Waals surface area contributed by atoms with Crippen molar-refractivity contribution in [3.8, 4) is 17.1 Å². The van der Waals surface area contributed by atoms with E-state index in [-0.39, 0.29) is 10.7 Å². The van der Waals surface area contributed by atoms with E-state index in [0.717, 1.165) is 5.56 Å². The summed E-state index contributed by atoms with van der Waals surface area (Å²) in [5.74, 6) is 1.38. The highest BCUT2D eigenvalue weighted by molar-refractivity contribution is 7.92. The molecule has 4 aromatic rings. The summed E-state index contributed by atoms with van der Waals surface area (Å²) in [5.41, 5.74) is 1.61. The molecule has 0 aliphatic rings. The first-order valence-corrected chi connectivity index (χ1v) is 10.8. The monoisotopic (exact) mass is 420 g/mol. The predicted octanol–water partition coefficient (Wildman–Crippen LogP) is 4.74. The highest BCUT2D eigenvalue weighted by atomic mass is 32.2. The van der Waals surface area contributed by atoms with E-state index in [1.807, 2.05) is 42.5 Å². The van der Waals surface area contributed by atoms with E-state index in [0.29, 0.717) is 29.4 Å². The summed E-state index contributed by atoms with van der Waals surface area (Å²) in [5, 5.41) is 0. The smallest absolute Gasteiger partial charge is 0.263 e. The summed E-state index contributed by atoms with van der Waals surface area (Å²) in [6.45, 7) is 0. The first kappa shape index (κ1) is 19.7. The standard InChI is InChI=1S/C23H20N2O4S/c1-28-20-15-9-8-14-19(20)22-23(25-30(26,27)18-12-6-3-7-13-18)24-21(29-22)16-17-10-4-2-5-11-17/h2-15,25H,16H2,1H3. The van der Waals surface area contributed by atoms with Crippen molar-refractivity contribution in [2.45, 2.75) is 11.3 Å². The fourth-order valence-electron chi connectivity index (χ4n) is 3.08. The third kappa shape index (κ3) is 4.21. The molecule has 0 fully saturated rings. The molecule has 6 nitrogen and oxygen atoms in total. The lowest BCUT2D eigenvalue weighted by Crippen LogP contribution is -2.13. The average Bonchev–Trinajstić information content (AvgIpc) is 3.16. The summed E-state index contributed by atoms with van der Waals surface area (Å²) in [6, 6.07) is 25.1. The number of hydrogen-bond donors (Lipinski definition) is 1. The Bertz CT molecular complexity index is 1240. The number of methoxy groups -OCH3 is 1. The van der Waals surface area contributed by atoms with Gasteiger partial charge in [-0.2, -0.15) is 4.98 Å². The van der Waals surface area contributed by atoms with Crippen molar-refractivity contribution in [3.05, 3.63) is 96.4 Å². The van der Waals surface area contributed by atoms with Gasteiger partial charge in [-0.25, -0.2) is 8.42 Å². The van der Waals surface area contributed by atoms with Crippen molar-refractivity contribution >= 4 is 15.8 Å². The van der Waals surface area contributed by atoms with Gasteiger partial charge in [0.1, 0.15) is 5.75 Å². The van der Waals surface area contributed by atoms with E-state index in [1.165, 1.54) is 12.1 Å². The summed E-state index contributed by atoms with van der Waals surface area (Å²) in [6.07, 6.45) is 0.427. The van der Waals surface area contributed by atoms with Crippen LogP contribution in [0.5, 0.6) is 5.75 Å². The van der Waals surface area contributed by atoms with Crippen LogP contribution >= 0.6 is 0 Å². The van der Waals surface area contributed by atoms with Gasteiger partial charge in [0.2, 0.25) is 5.89 Å². The van der Waals surface area contributed by atoms with Gasteiger partial charge in [-0.05, 0) is 29.8 Å².